The zero-order chi connectivity index (χ0) is 15.4. The van der Waals surface area contributed by atoms with Crippen LogP contribution in [-0.4, -0.2) is 21.4 Å². The number of ether oxygens (including phenoxy) is 1. The third-order valence-electron chi connectivity index (χ3n) is 3.18. The molecular weight excluding hydrogens is 342 g/mol. The van der Waals surface area contributed by atoms with Gasteiger partial charge in [0.05, 0.1) is 6.54 Å². The minimum atomic E-state index is 0.541. The van der Waals surface area contributed by atoms with Crippen LogP contribution in [0, 0.1) is 6.92 Å². The summed E-state index contributed by atoms with van der Waals surface area (Å²) in [5.74, 6) is 2.48. The van der Waals surface area contributed by atoms with Crippen molar-refractivity contribution in [3.05, 3.63) is 64.9 Å². The predicted molar refractivity (Wildman–Crippen MR) is 89.8 cm³/mol. The monoisotopic (exact) mass is 357 g/mol. The predicted octanol–water partition coefficient (Wildman–Crippen LogP) is 4.10. The van der Waals surface area contributed by atoms with Crippen LogP contribution in [0.25, 0.3) is 11.4 Å². The zero-order valence-electron chi connectivity index (χ0n) is 12.2. The van der Waals surface area contributed by atoms with Crippen molar-refractivity contribution in [3.63, 3.8) is 0 Å². The number of hydrogen-bond acceptors (Lipinski definition) is 3. The molecule has 3 aromatic rings. The van der Waals surface area contributed by atoms with Crippen molar-refractivity contribution in [2.24, 2.45) is 0 Å². The molecule has 22 heavy (non-hydrogen) atoms. The second kappa shape index (κ2) is 6.75. The molecule has 3 rings (SSSR count). The second-order valence-corrected chi connectivity index (χ2v) is 5.79. The summed E-state index contributed by atoms with van der Waals surface area (Å²) in [6.07, 6.45) is 0. The van der Waals surface area contributed by atoms with Gasteiger partial charge in [-0.05, 0) is 25.1 Å². The molecule has 0 aliphatic carbocycles. The van der Waals surface area contributed by atoms with Crippen LogP contribution in [0.3, 0.4) is 0 Å². The van der Waals surface area contributed by atoms with Gasteiger partial charge in [-0.3, -0.25) is 0 Å². The molecule has 0 saturated heterocycles. The standard InChI is InChI=1S/C17H16BrN3O/c1-13-19-17(14-6-3-2-4-7-14)21(20-13)10-11-22-16-9-5-8-15(18)12-16/h2-9,12H,10-11H2,1H3. The van der Waals surface area contributed by atoms with Gasteiger partial charge >= 0.3 is 0 Å². The molecule has 0 radical (unpaired) electrons. The molecular formula is C17H16BrN3O. The van der Waals surface area contributed by atoms with Gasteiger partial charge in [0, 0.05) is 10.0 Å². The van der Waals surface area contributed by atoms with Crippen molar-refractivity contribution in [3.8, 4) is 17.1 Å². The first-order chi connectivity index (χ1) is 10.7. The molecule has 0 fully saturated rings. The Balaban J connectivity index is 1.71. The summed E-state index contributed by atoms with van der Waals surface area (Å²) in [5.41, 5.74) is 1.06. The molecule has 0 atom stereocenters. The minimum Gasteiger partial charge on any atom is -0.492 e. The van der Waals surface area contributed by atoms with Gasteiger partial charge in [-0.15, -0.1) is 0 Å². The van der Waals surface area contributed by atoms with Gasteiger partial charge in [-0.1, -0.05) is 52.3 Å². The van der Waals surface area contributed by atoms with E-state index in [1.807, 2.05) is 66.2 Å². The van der Waals surface area contributed by atoms with E-state index in [9.17, 15) is 0 Å². The lowest BCUT2D eigenvalue weighted by Crippen LogP contribution is -2.11. The van der Waals surface area contributed by atoms with Gasteiger partial charge in [0.15, 0.2) is 5.82 Å². The van der Waals surface area contributed by atoms with Gasteiger partial charge in [-0.25, -0.2) is 9.67 Å². The van der Waals surface area contributed by atoms with E-state index in [0.29, 0.717) is 13.2 Å². The molecule has 0 aliphatic heterocycles. The molecule has 112 valence electrons. The molecule has 0 amide bonds. The summed E-state index contributed by atoms with van der Waals surface area (Å²) >= 11 is 3.44. The average molecular weight is 358 g/mol. The summed E-state index contributed by atoms with van der Waals surface area (Å²) in [7, 11) is 0. The van der Waals surface area contributed by atoms with Crippen molar-refractivity contribution in [1.82, 2.24) is 14.8 Å². The summed E-state index contributed by atoms with van der Waals surface area (Å²) in [5, 5.41) is 4.45. The van der Waals surface area contributed by atoms with Crippen LogP contribution in [0.15, 0.2) is 59.1 Å². The van der Waals surface area contributed by atoms with Gasteiger partial charge < -0.3 is 4.74 Å². The normalized spacial score (nSPS) is 10.6. The number of hydrogen-bond donors (Lipinski definition) is 0. The van der Waals surface area contributed by atoms with Crippen LogP contribution in [0.2, 0.25) is 0 Å². The van der Waals surface area contributed by atoms with Crippen LogP contribution in [0.1, 0.15) is 5.82 Å². The minimum absolute atomic E-state index is 0.541. The van der Waals surface area contributed by atoms with Crippen LogP contribution < -0.4 is 4.74 Å². The molecule has 5 heteroatoms. The molecule has 0 unspecified atom stereocenters. The molecule has 2 aromatic carbocycles. The van der Waals surface area contributed by atoms with Crippen molar-refractivity contribution in [2.45, 2.75) is 13.5 Å². The lowest BCUT2D eigenvalue weighted by atomic mass is 10.2. The Bertz CT molecular complexity index is 756. The summed E-state index contributed by atoms with van der Waals surface area (Å²) < 4.78 is 8.67. The highest BCUT2D eigenvalue weighted by molar-refractivity contribution is 9.10. The number of rotatable bonds is 5. The van der Waals surface area contributed by atoms with Crippen molar-refractivity contribution in [1.29, 1.82) is 0 Å². The van der Waals surface area contributed by atoms with E-state index in [1.54, 1.807) is 0 Å². The Morgan fingerprint density at radius 2 is 1.91 bits per heavy atom. The topological polar surface area (TPSA) is 39.9 Å². The van der Waals surface area contributed by atoms with Crippen LogP contribution >= 0.6 is 15.9 Å². The smallest absolute Gasteiger partial charge is 0.158 e. The highest BCUT2D eigenvalue weighted by Gasteiger charge is 2.09. The molecule has 4 nitrogen and oxygen atoms in total. The van der Waals surface area contributed by atoms with Gasteiger partial charge in [0.2, 0.25) is 0 Å². The van der Waals surface area contributed by atoms with E-state index in [0.717, 1.165) is 27.4 Å². The lowest BCUT2D eigenvalue weighted by molar-refractivity contribution is 0.291. The van der Waals surface area contributed by atoms with Crippen molar-refractivity contribution >= 4 is 15.9 Å². The Morgan fingerprint density at radius 3 is 2.68 bits per heavy atom. The fourth-order valence-corrected chi connectivity index (χ4v) is 2.60. The van der Waals surface area contributed by atoms with Gasteiger partial charge in [0.1, 0.15) is 18.2 Å². The van der Waals surface area contributed by atoms with E-state index < -0.39 is 0 Å². The second-order valence-electron chi connectivity index (χ2n) is 4.88. The first kappa shape index (κ1) is 14.8. The van der Waals surface area contributed by atoms with Crippen LogP contribution in [0.4, 0.5) is 0 Å². The number of halogens is 1. The third-order valence-corrected chi connectivity index (χ3v) is 3.67. The molecule has 0 aliphatic rings. The Kier molecular flexibility index (Phi) is 4.53. The molecule has 1 heterocycles. The number of aryl methyl sites for hydroxylation is 1. The maximum atomic E-state index is 5.77. The maximum absolute atomic E-state index is 5.77. The van der Waals surface area contributed by atoms with E-state index in [4.69, 9.17) is 4.74 Å². The first-order valence-electron chi connectivity index (χ1n) is 7.07. The number of nitrogens with zero attached hydrogens (tertiary/aromatic N) is 3. The largest absolute Gasteiger partial charge is 0.492 e. The summed E-state index contributed by atoms with van der Waals surface area (Å²) in [6, 6.07) is 17.9. The number of benzene rings is 2. The molecule has 1 aromatic heterocycles. The van der Waals surface area contributed by atoms with E-state index in [-0.39, 0.29) is 0 Å². The van der Waals surface area contributed by atoms with Crippen LogP contribution in [0.5, 0.6) is 5.75 Å². The van der Waals surface area contributed by atoms with E-state index in [2.05, 4.69) is 26.0 Å². The van der Waals surface area contributed by atoms with Crippen molar-refractivity contribution in [2.75, 3.05) is 6.61 Å². The number of aromatic nitrogens is 3. The zero-order valence-corrected chi connectivity index (χ0v) is 13.8. The van der Waals surface area contributed by atoms with Crippen molar-refractivity contribution < 1.29 is 4.74 Å². The Labute approximate surface area is 137 Å². The quantitative estimate of drug-likeness (QED) is 0.690. The van der Waals surface area contributed by atoms with Gasteiger partial charge in [-0.2, -0.15) is 5.10 Å². The van der Waals surface area contributed by atoms with Crippen LogP contribution in [-0.2, 0) is 6.54 Å². The molecule has 0 spiro atoms. The first-order valence-corrected chi connectivity index (χ1v) is 7.87. The Morgan fingerprint density at radius 1 is 1.09 bits per heavy atom. The van der Waals surface area contributed by atoms with E-state index >= 15 is 0 Å². The SMILES string of the molecule is Cc1nc(-c2ccccc2)n(CCOc2cccc(Br)c2)n1. The molecule has 0 bridgehead atoms. The fraction of sp³-hybridized carbons (Fsp3) is 0.176. The highest BCUT2D eigenvalue weighted by atomic mass is 79.9. The average Bonchev–Trinajstić information content (AvgIpc) is 2.89. The maximum Gasteiger partial charge on any atom is 0.158 e. The lowest BCUT2D eigenvalue weighted by Gasteiger charge is -2.08. The highest BCUT2D eigenvalue weighted by Crippen LogP contribution is 2.19. The fourth-order valence-electron chi connectivity index (χ4n) is 2.22. The molecule has 0 N–H and O–H groups in total. The summed E-state index contributed by atoms with van der Waals surface area (Å²) in [6.45, 7) is 3.09. The molecule has 0 saturated carbocycles. The Hall–Kier alpha value is -2.14. The third kappa shape index (κ3) is 3.54. The summed E-state index contributed by atoms with van der Waals surface area (Å²) in [4.78, 5) is 4.51. The van der Waals surface area contributed by atoms with Gasteiger partial charge in [0.25, 0.3) is 0 Å². The van der Waals surface area contributed by atoms with E-state index in [1.165, 1.54) is 0 Å².